The van der Waals surface area contributed by atoms with Crippen LogP contribution >= 0.6 is 0 Å². The molecule has 0 aromatic heterocycles. The second-order valence-electron chi connectivity index (χ2n) is 0. The van der Waals surface area contributed by atoms with E-state index in [1.165, 1.54) is 0 Å². The van der Waals surface area contributed by atoms with Crippen molar-refractivity contribution in [1.29, 1.82) is 0 Å². The molecule has 0 aliphatic heterocycles. The van der Waals surface area contributed by atoms with E-state index in [-0.39, 0.29) is 93.5 Å². The van der Waals surface area contributed by atoms with Crippen LogP contribution in [0.25, 0.3) is 0 Å². The Bertz CT molecular complexity index is 6.00. The molecule has 0 bridgehead atoms. The standard InChI is InChI=1S/Ce.Nd.2O/q2*+3;2*-2. The van der Waals surface area contributed by atoms with Crippen molar-refractivity contribution in [3.63, 3.8) is 0 Å². The molecule has 0 aliphatic rings. The summed E-state index contributed by atoms with van der Waals surface area (Å²) in [4.78, 5) is 0. The molecule has 0 fully saturated rings. The molecule has 0 atom stereocenters. The maximum atomic E-state index is 0. The summed E-state index contributed by atoms with van der Waals surface area (Å²) in [6.45, 7) is 0. The molecule has 2 radical (unpaired) electrons. The molecule has 0 saturated heterocycles. The van der Waals surface area contributed by atoms with Crippen LogP contribution < -0.4 is 0 Å². The van der Waals surface area contributed by atoms with Crippen molar-refractivity contribution in [2.75, 3.05) is 0 Å². The Morgan fingerprint density at radius 1 is 0.750 bits per heavy atom. The fourth-order valence-corrected chi connectivity index (χ4v) is 0. The van der Waals surface area contributed by atoms with E-state index in [4.69, 9.17) is 0 Å². The van der Waals surface area contributed by atoms with E-state index in [1.54, 1.807) is 0 Å². The Morgan fingerprint density at radius 2 is 0.750 bits per heavy atom. The van der Waals surface area contributed by atoms with E-state index in [0.29, 0.717) is 0 Å². The zero-order valence-corrected chi connectivity index (χ0v) is 8.16. The topological polar surface area (TPSA) is 57.0 Å². The van der Waals surface area contributed by atoms with E-state index in [2.05, 4.69) is 0 Å². The zero-order chi connectivity index (χ0) is 0. The first kappa shape index (κ1) is 30.2. The van der Waals surface area contributed by atoms with Gasteiger partial charge in [0.2, 0.25) is 0 Å². The largest absolute Gasteiger partial charge is 3.00 e. The van der Waals surface area contributed by atoms with Gasteiger partial charge in [0.1, 0.15) is 0 Å². The van der Waals surface area contributed by atoms with Crippen LogP contribution in [0.5, 0.6) is 0 Å². The van der Waals surface area contributed by atoms with Crippen LogP contribution in [0.1, 0.15) is 0 Å². The summed E-state index contributed by atoms with van der Waals surface area (Å²) < 4.78 is 0. The maximum absolute atomic E-state index is 0. The summed E-state index contributed by atoms with van der Waals surface area (Å²) in [5, 5.41) is 0. The van der Waals surface area contributed by atoms with Crippen molar-refractivity contribution in [3.8, 4) is 0 Å². The predicted molar refractivity (Wildman–Crippen MR) is 1.37 cm³/mol. The summed E-state index contributed by atoms with van der Waals surface area (Å²) >= 11 is 0. The van der Waals surface area contributed by atoms with Gasteiger partial charge in [-0.05, 0) is 0 Å². The maximum Gasteiger partial charge on any atom is 3.00 e. The van der Waals surface area contributed by atoms with Crippen LogP contribution in [0.2, 0.25) is 0 Å². The first-order valence-corrected chi connectivity index (χ1v) is 0. The Kier molecular flexibility index (Phi) is 132. The summed E-state index contributed by atoms with van der Waals surface area (Å²) in [5.41, 5.74) is 0. The molecule has 0 amide bonds. The second-order valence-corrected chi connectivity index (χ2v) is 0. The SMILES string of the molecule is [Ce+3].[Nd+3].[O-2].[O-2]. The summed E-state index contributed by atoms with van der Waals surface area (Å²) in [6, 6.07) is 0. The molecule has 0 N–H and O–H groups in total. The minimum absolute atomic E-state index is 0. The monoisotopic (exact) mass is 314 g/mol. The molecule has 0 unspecified atom stereocenters. The Morgan fingerprint density at radius 3 is 0.750 bits per heavy atom. The molecular weight excluding hydrogens is 316 g/mol. The van der Waals surface area contributed by atoms with Gasteiger partial charge in [0, 0.05) is 0 Å². The molecule has 0 rings (SSSR count). The Balaban J connectivity index is 0. The van der Waals surface area contributed by atoms with E-state index in [9.17, 15) is 0 Å². The molecular formula is CeNdO2+2. The van der Waals surface area contributed by atoms with Crippen molar-refractivity contribution < 1.29 is 93.5 Å². The predicted octanol–water partition coefficient (Wildman–Crippen LogP) is -0.238. The minimum Gasteiger partial charge on any atom is -2.00 e. The van der Waals surface area contributed by atoms with Crippen molar-refractivity contribution in [3.05, 3.63) is 0 Å². The number of rotatable bonds is 0. The average molecular weight is 316 g/mol. The number of hydrogen-bond acceptors (Lipinski definition) is 0. The zero-order valence-electron chi connectivity index (χ0n) is 1.82. The van der Waals surface area contributed by atoms with Gasteiger partial charge in [0.25, 0.3) is 0 Å². The third-order valence-electron chi connectivity index (χ3n) is 0. The van der Waals surface area contributed by atoms with Gasteiger partial charge < -0.3 is 11.0 Å². The number of hydrogen-bond donors (Lipinski definition) is 0. The molecule has 0 aromatic rings. The van der Waals surface area contributed by atoms with Crippen molar-refractivity contribution in [1.82, 2.24) is 0 Å². The summed E-state index contributed by atoms with van der Waals surface area (Å²) in [6.07, 6.45) is 0. The molecule has 0 aromatic carbocycles. The summed E-state index contributed by atoms with van der Waals surface area (Å²) in [7, 11) is 0. The Hall–Kier alpha value is 2.65. The molecule has 2 nitrogen and oxygen atoms in total. The van der Waals surface area contributed by atoms with E-state index >= 15 is 0 Å². The normalized spacial score (nSPS) is 0. The molecule has 18 valence electrons. The second kappa shape index (κ2) is 17.4. The first-order valence-electron chi connectivity index (χ1n) is 0. The first-order chi connectivity index (χ1) is 0. The molecule has 4 heavy (non-hydrogen) atoms. The molecule has 0 saturated carbocycles. The molecule has 0 spiro atoms. The average Bonchev–Trinajstić information content (AvgIpc) is 0. The third-order valence-corrected chi connectivity index (χ3v) is 0. The van der Waals surface area contributed by atoms with E-state index < -0.39 is 0 Å². The quantitative estimate of drug-likeness (QED) is 0.592. The van der Waals surface area contributed by atoms with Gasteiger partial charge >= 0.3 is 82.6 Å². The van der Waals surface area contributed by atoms with Crippen LogP contribution in [0.15, 0.2) is 0 Å². The minimum atomic E-state index is 0. The third kappa shape index (κ3) is 8.82. The van der Waals surface area contributed by atoms with Gasteiger partial charge in [-0.2, -0.15) is 0 Å². The van der Waals surface area contributed by atoms with Gasteiger partial charge in [-0.1, -0.05) is 0 Å². The van der Waals surface area contributed by atoms with Gasteiger partial charge in [-0.25, -0.2) is 0 Å². The molecule has 0 aliphatic carbocycles. The van der Waals surface area contributed by atoms with E-state index in [0.717, 1.165) is 0 Å². The van der Waals surface area contributed by atoms with Gasteiger partial charge in [-0.15, -0.1) is 0 Å². The summed E-state index contributed by atoms with van der Waals surface area (Å²) in [5.74, 6) is 0. The fourth-order valence-electron chi connectivity index (χ4n) is 0. The van der Waals surface area contributed by atoms with Crippen molar-refractivity contribution >= 4 is 0 Å². The van der Waals surface area contributed by atoms with Crippen LogP contribution in [0.3, 0.4) is 0 Å². The van der Waals surface area contributed by atoms with Crippen molar-refractivity contribution in [2.45, 2.75) is 0 Å². The van der Waals surface area contributed by atoms with Crippen LogP contribution in [-0.2, 0) is 11.0 Å². The van der Waals surface area contributed by atoms with Crippen LogP contribution in [0, 0.1) is 82.6 Å². The molecule has 4 heteroatoms. The van der Waals surface area contributed by atoms with Crippen LogP contribution in [0.4, 0.5) is 0 Å². The van der Waals surface area contributed by atoms with Gasteiger partial charge in [-0.3, -0.25) is 0 Å². The van der Waals surface area contributed by atoms with Gasteiger partial charge in [0.15, 0.2) is 0 Å². The van der Waals surface area contributed by atoms with E-state index in [1.807, 2.05) is 0 Å². The fraction of sp³-hybridized carbons (Fsp3) is 0. The molecule has 0 heterocycles. The van der Waals surface area contributed by atoms with Crippen LogP contribution in [-0.4, -0.2) is 0 Å². The Labute approximate surface area is 91.2 Å². The smallest absolute Gasteiger partial charge is 2.00 e. The van der Waals surface area contributed by atoms with Gasteiger partial charge in [0.05, 0.1) is 0 Å². The van der Waals surface area contributed by atoms with Crippen molar-refractivity contribution in [2.24, 2.45) is 0 Å².